The van der Waals surface area contributed by atoms with Gasteiger partial charge in [0.15, 0.2) is 0 Å². The fourth-order valence-electron chi connectivity index (χ4n) is 0.848. The minimum Gasteiger partial charge on any atom is -0.398 e. The number of ether oxygens (including phenoxy) is 1. The molecular formula is C10H24O3Si. The molecule has 0 rings (SSSR count). The van der Waals surface area contributed by atoms with Crippen molar-refractivity contribution in [1.82, 2.24) is 0 Å². The Labute approximate surface area is 89.0 Å². The highest BCUT2D eigenvalue weighted by Gasteiger charge is 2.27. The Balaban J connectivity index is 3.85. The molecule has 4 heteroatoms. The third kappa shape index (κ3) is 6.54. The van der Waals surface area contributed by atoms with Crippen molar-refractivity contribution in [2.45, 2.75) is 33.9 Å². The SMILES string of the molecule is CCOCC(C)(C)CO[Si](C)(C)OC. The van der Waals surface area contributed by atoms with Gasteiger partial charge in [0.05, 0.1) is 6.61 Å². The third-order valence-electron chi connectivity index (χ3n) is 2.00. The van der Waals surface area contributed by atoms with E-state index in [1.54, 1.807) is 7.11 Å². The second-order valence-corrected chi connectivity index (χ2v) is 8.19. The van der Waals surface area contributed by atoms with Crippen molar-refractivity contribution in [3.63, 3.8) is 0 Å². The molecule has 14 heavy (non-hydrogen) atoms. The third-order valence-corrected chi connectivity index (χ3v) is 3.82. The normalized spacial score (nSPS) is 13.3. The molecule has 0 saturated heterocycles. The van der Waals surface area contributed by atoms with Crippen LogP contribution in [0.4, 0.5) is 0 Å². The predicted molar refractivity (Wildman–Crippen MR) is 60.7 cm³/mol. The molecule has 0 saturated carbocycles. The Morgan fingerprint density at radius 2 is 1.71 bits per heavy atom. The van der Waals surface area contributed by atoms with Gasteiger partial charge in [0, 0.05) is 25.7 Å². The van der Waals surface area contributed by atoms with Crippen LogP contribution < -0.4 is 0 Å². The fourth-order valence-corrected chi connectivity index (χ4v) is 1.70. The Morgan fingerprint density at radius 1 is 1.14 bits per heavy atom. The summed E-state index contributed by atoms with van der Waals surface area (Å²) in [7, 11) is -0.172. The van der Waals surface area contributed by atoms with Gasteiger partial charge >= 0.3 is 8.56 Å². The highest BCUT2D eigenvalue weighted by Crippen LogP contribution is 2.18. The molecule has 0 heterocycles. The van der Waals surface area contributed by atoms with Crippen LogP contribution >= 0.6 is 0 Å². The average molecular weight is 220 g/mol. The summed E-state index contributed by atoms with van der Waals surface area (Å²) in [5.74, 6) is 0. The summed E-state index contributed by atoms with van der Waals surface area (Å²) in [6.45, 7) is 12.6. The highest BCUT2D eigenvalue weighted by atomic mass is 28.4. The fraction of sp³-hybridized carbons (Fsp3) is 1.00. The predicted octanol–water partition coefficient (Wildman–Crippen LogP) is 2.41. The maximum absolute atomic E-state index is 5.78. The Morgan fingerprint density at radius 3 is 2.14 bits per heavy atom. The van der Waals surface area contributed by atoms with E-state index in [4.69, 9.17) is 13.6 Å². The first-order valence-electron chi connectivity index (χ1n) is 5.10. The molecule has 0 aromatic carbocycles. The maximum Gasteiger partial charge on any atom is 0.331 e. The lowest BCUT2D eigenvalue weighted by atomic mass is 9.97. The Kier molecular flexibility index (Phi) is 5.89. The number of hydrogen-bond acceptors (Lipinski definition) is 3. The molecule has 0 bridgehead atoms. The number of hydrogen-bond donors (Lipinski definition) is 0. The molecule has 0 amide bonds. The summed E-state index contributed by atoms with van der Waals surface area (Å²) in [4.78, 5) is 0. The van der Waals surface area contributed by atoms with Gasteiger partial charge in [-0.3, -0.25) is 0 Å². The minimum atomic E-state index is -1.88. The van der Waals surface area contributed by atoms with E-state index in [9.17, 15) is 0 Å². The molecule has 0 spiro atoms. The summed E-state index contributed by atoms with van der Waals surface area (Å²) in [5.41, 5.74) is 0.0683. The van der Waals surface area contributed by atoms with Crippen LogP contribution in [0.1, 0.15) is 20.8 Å². The molecule has 0 aromatic heterocycles. The molecule has 0 aromatic rings. The molecule has 3 nitrogen and oxygen atoms in total. The smallest absolute Gasteiger partial charge is 0.331 e. The van der Waals surface area contributed by atoms with Crippen LogP contribution in [0.5, 0.6) is 0 Å². The molecule has 0 aliphatic carbocycles. The standard InChI is InChI=1S/C10H24O3Si/c1-7-12-8-10(2,3)9-13-14(5,6)11-4/h7-9H2,1-6H3. The van der Waals surface area contributed by atoms with Crippen molar-refractivity contribution < 1.29 is 13.6 Å². The zero-order chi connectivity index (χ0) is 11.2. The molecule has 86 valence electrons. The molecule has 0 N–H and O–H groups in total. The van der Waals surface area contributed by atoms with Crippen molar-refractivity contribution >= 4 is 8.56 Å². The quantitative estimate of drug-likeness (QED) is 0.617. The van der Waals surface area contributed by atoms with E-state index < -0.39 is 8.56 Å². The van der Waals surface area contributed by atoms with Gasteiger partial charge in [0.25, 0.3) is 0 Å². The van der Waals surface area contributed by atoms with Gasteiger partial charge in [0.2, 0.25) is 0 Å². The van der Waals surface area contributed by atoms with Gasteiger partial charge in [-0.15, -0.1) is 0 Å². The molecule has 0 fully saturated rings. The Bertz CT molecular complexity index is 157. The van der Waals surface area contributed by atoms with Crippen LogP contribution in [0.2, 0.25) is 13.1 Å². The summed E-state index contributed by atoms with van der Waals surface area (Å²) in [6.07, 6.45) is 0. The van der Waals surface area contributed by atoms with Crippen LogP contribution in [0.25, 0.3) is 0 Å². The topological polar surface area (TPSA) is 27.7 Å². The largest absolute Gasteiger partial charge is 0.398 e. The van der Waals surface area contributed by atoms with Gasteiger partial charge in [-0.1, -0.05) is 13.8 Å². The molecular weight excluding hydrogens is 196 g/mol. The van der Waals surface area contributed by atoms with E-state index >= 15 is 0 Å². The van der Waals surface area contributed by atoms with Crippen molar-refractivity contribution in [1.29, 1.82) is 0 Å². The average Bonchev–Trinajstić information content (AvgIpc) is 2.12. The van der Waals surface area contributed by atoms with E-state index in [1.165, 1.54) is 0 Å². The van der Waals surface area contributed by atoms with Crippen molar-refractivity contribution in [3.8, 4) is 0 Å². The lowest BCUT2D eigenvalue weighted by Crippen LogP contribution is -2.38. The van der Waals surface area contributed by atoms with Gasteiger partial charge in [0.1, 0.15) is 0 Å². The lowest BCUT2D eigenvalue weighted by Gasteiger charge is -2.29. The first-order valence-corrected chi connectivity index (χ1v) is 7.91. The van der Waals surface area contributed by atoms with Crippen LogP contribution in [-0.4, -0.2) is 35.5 Å². The van der Waals surface area contributed by atoms with Crippen LogP contribution in [0.3, 0.4) is 0 Å². The summed E-state index contributed by atoms with van der Waals surface area (Å²) in [6, 6.07) is 0. The molecule has 0 aliphatic heterocycles. The van der Waals surface area contributed by atoms with Crippen LogP contribution in [-0.2, 0) is 13.6 Å². The van der Waals surface area contributed by atoms with Gasteiger partial charge in [-0.05, 0) is 20.0 Å². The zero-order valence-corrected chi connectivity index (χ0v) is 11.3. The van der Waals surface area contributed by atoms with Crippen LogP contribution in [0, 0.1) is 5.41 Å². The summed E-state index contributed by atoms with van der Waals surface area (Å²) < 4.78 is 16.5. The van der Waals surface area contributed by atoms with Crippen LogP contribution in [0.15, 0.2) is 0 Å². The van der Waals surface area contributed by atoms with E-state index in [1.807, 2.05) is 20.0 Å². The monoisotopic (exact) mass is 220 g/mol. The second-order valence-electron chi connectivity index (χ2n) is 4.69. The summed E-state index contributed by atoms with van der Waals surface area (Å²) >= 11 is 0. The summed E-state index contributed by atoms with van der Waals surface area (Å²) in [5, 5.41) is 0. The van der Waals surface area contributed by atoms with E-state index in [0.717, 1.165) is 13.2 Å². The lowest BCUT2D eigenvalue weighted by molar-refractivity contribution is 0.0309. The van der Waals surface area contributed by atoms with E-state index in [2.05, 4.69) is 13.8 Å². The van der Waals surface area contributed by atoms with E-state index in [-0.39, 0.29) is 5.41 Å². The first kappa shape index (κ1) is 14.1. The molecule has 0 unspecified atom stereocenters. The van der Waals surface area contributed by atoms with Crippen molar-refractivity contribution in [3.05, 3.63) is 0 Å². The van der Waals surface area contributed by atoms with Crippen molar-refractivity contribution in [2.75, 3.05) is 26.9 Å². The van der Waals surface area contributed by atoms with E-state index in [0.29, 0.717) is 6.61 Å². The highest BCUT2D eigenvalue weighted by molar-refractivity contribution is 6.64. The molecule has 0 radical (unpaired) electrons. The van der Waals surface area contributed by atoms with Crippen molar-refractivity contribution in [2.24, 2.45) is 5.41 Å². The zero-order valence-electron chi connectivity index (χ0n) is 10.3. The maximum atomic E-state index is 5.78. The van der Waals surface area contributed by atoms with Gasteiger partial charge < -0.3 is 13.6 Å². The minimum absolute atomic E-state index is 0.0683. The molecule has 0 aliphatic rings. The second kappa shape index (κ2) is 5.85. The number of rotatable bonds is 7. The first-order chi connectivity index (χ1) is 6.33. The van der Waals surface area contributed by atoms with Gasteiger partial charge in [-0.2, -0.15) is 0 Å². The van der Waals surface area contributed by atoms with Gasteiger partial charge in [-0.25, -0.2) is 0 Å². The Hall–Kier alpha value is 0.0969. The molecule has 0 atom stereocenters.